The van der Waals surface area contributed by atoms with E-state index in [1.165, 1.54) is 11.2 Å². The van der Waals surface area contributed by atoms with Gasteiger partial charge in [-0.05, 0) is 12.3 Å². The van der Waals surface area contributed by atoms with Gasteiger partial charge in [-0.3, -0.25) is 4.79 Å². The topological polar surface area (TPSA) is 112 Å². The Morgan fingerprint density at radius 3 is 2.90 bits per heavy atom. The van der Waals surface area contributed by atoms with Crippen LogP contribution in [0.2, 0.25) is 0 Å². The monoisotopic (exact) mass is 280 g/mol. The second-order valence-corrected chi connectivity index (χ2v) is 5.59. The van der Waals surface area contributed by atoms with Crippen LogP contribution in [-0.4, -0.2) is 43.9 Å². The van der Waals surface area contributed by atoms with E-state index in [0.717, 1.165) is 5.69 Å². The minimum absolute atomic E-state index is 0.217. The highest BCUT2D eigenvalue weighted by Crippen LogP contribution is 2.22. The predicted molar refractivity (Wildman–Crippen MR) is 71.7 cm³/mol. The lowest BCUT2D eigenvalue weighted by Gasteiger charge is -2.34. The lowest BCUT2D eigenvalue weighted by Crippen LogP contribution is -2.54. The van der Waals surface area contributed by atoms with Gasteiger partial charge >= 0.3 is 5.97 Å². The first kappa shape index (κ1) is 14.5. The average molecular weight is 280 g/mol. The number of aromatic amines is 1. The number of carbonyl (C=O) groups excluding carboxylic acids is 1. The molecule has 0 aliphatic carbocycles. The Hall–Kier alpha value is -1.89. The van der Waals surface area contributed by atoms with Gasteiger partial charge in [0.2, 0.25) is 5.91 Å². The van der Waals surface area contributed by atoms with Gasteiger partial charge in [0.1, 0.15) is 6.04 Å². The largest absolute Gasteiger partial charge is 0.480 e. The molecule has 1 aromatic heterocycles. The van der Waals surface area contributed by atoms with Crippen LogP contribution in [0.1, 0.15) is 31.7 Å². The third kappa shape index (κ3) is 2.82. The number of aliphatic carboxylic acids is 1. The average Bonchev–Trinajstić information content (AvgIpc) is 2.82. The minimum atomic E-state index is -1.02. The highest BCUT2D eigenvalue weighted by molar-refractivity contribution is 5.87. The summed E-state index contributed by atoms with van der Waals surface area (Å²) < 4.78 is 0. The number of amides is 1. The lowest BCUT2D eigenvalue weighted by molar-refractivity contribution is -0.152. The summed E-state index contributed by atoms with van der Waals surface area (Å²) >= 11 is 0. The van der Waals surface area contributed by atoms with Crippen molar-refractivity contribution in [3.05, 3.63) is 17.7 Å². The van der Waals surface area contributed by atoms with E-state index in [4.69, 9.17) is 5.73 Å². The summed E-state index contributed by atoms with van der Waals surface area (Å²) in [5.41, 5.74) is 7.39. The summed E-state index contributed by atoms with van der Waals surface area (Å²) in [7, 11) is 0. The number of aromatic nitrogens is 2. The molecule has 0 spiro atoms. The molecule has 1 unspecified atom stereocenters. The van der Waals surface area contributed by atoms with Gasteiger partial charge in [0.15, 0.2) is 0 Å². The van der Waals surface area contributed by atoms with Crippen LogP contribution >= 0.6 is 0 Å². The predicted octanol–water partition coefficient (Wildman–Crippen LogP) is 0.121. The Morgan fingerprint density at radius 1 is 1.60 bits per heavy atom. The molecule has 2 rings (SSSR count). The number of carboxylic acids is 1. The zero-order valence-electron chi connectivity index (χ0n) is 11.7. The molecule has 1 amide bonds. The van der Waals surface area contributed by atoms with Gasteiger partial charge < -0.3 is 20.7 Å². The zero-order valence-corrected chi connectivity index (χ0v) is 11.7. The molecule has 1 aliphatic rings. The van der Waals surface area contributed by atoms with Gasteiger partial charge in [0.05, 0.1) is 30.3 Å². The highest BCUT2D eigenvalue weighted by Gasteiger charge is 2.37. The molecule has 2 atom stereocenters. The molecule has 110 valence electrons. The van der Waals surface area contributed by atoms with E-state index in [2.05, 4.69) is 9.97 Å². The Kier molecular flexibility index (Phi) is 4.08. The number of nitrogens with one attached hydrogen (secondary N) is 1. The van der Waals surface area contributed by atoms with Crippen LogP contribution in [0.25, 0.3) is 0 Å². The van der Waals surface area contributed by atoms with Crippen LogP contribution in [0, 0.1) is 5.92 Å². The maximum absolute atomic E-state index is 12.4. The Bertz CT molecular complexity index is 511. The molecule has 0 radical (unpaired) electrons. The first-order valence-electron chi connectivity index (χ1n) is 6.70. The molecule has 7 nitrogen and oxygen atoms in total. The molecule has 0 bridgehead atoms. The maximum Gasteiger partial charge on any atom is 0.326 e. The summed E-state index contributed by atoms with van der Waals surface area (Å²) in [5.74, 6) is -1.06. The number of imidazole rings is 1. The second kappa shape index (κ2) is 5.62. The van der Waals surface area contributed by atoms with E-state index in [1.807, 2.05) is 13.8 Å². The molecular weight excluding hydrogens is 260 g/mol. The molecule has 1 aromatic rings. The molecule has 7 heteroatoms. The van der Waals surface area contributed by atoms with E-state index in [9.17, 15) is 14.7 Å². The standard InChI is InChI=1S/C13H20N4O3/c1-7(2)3-8(14)12(18)17-5-10-9(15-6-16-10)4-11(17)13(19)20/h6-8,11H,3-5,14H2,1-2H3,(H,15,16)(H,19,20)/t8-,11?/m1/s1. The first-order chi connectivity index (χ1) is 9.40. The molecule has 1 aliphatic heterocycles. The fraction of sp³-hybridized carbons (Fsp3) is 0.615. The van der Waals surface area contributed by atoms with E-state index in [-0.39, 0.29) is 24.8 Å². The van der Waals surface area contributed by atoms with Crippen LogP contribution in [0.5, 0.6) is 0 Å². The van der Waals surface area contributed by atoms with Gasteiger partial charge in [0, 0.05) is 6.42 Å². The molecule has 4 N–H and O–H groups in total. The molecule has 0 saturated carbocycles. The van der Waals surface area contributed by atoms with Crippen LogP contribution in [0.15, 0.2) is 6.33 Å². The normalized spacial score (nSPS) is 19.8. The summed E-state index contributed by atoms with van der Waals surface area (Å²) in [6.07, 6.45) is 2.28. The summed E-state index contributed by atoms with van der Waals surface area (Å²) in [6, 6.07) is -1.56. The van der Waals surface area contributed by atoms with Gasteiger partial charge in [-0.2, -0.15) is 0 Å². The van der Waals surface area contributed by atoms with E-state index < -0.39 is 18.1 Å². The SMILES string of the molecule is CC(C)C[C@@H](N)C(=O)N1Cc2[nH]cnc2CC1C(=O)O. The molecular formula is C13H20N4O3. The van der Waals surface area contributed by atoms with Crippen molar-refractivity contribution in [3.8, 4) is 0 Å². The van der Waals surface area contributed by atoms with Crippen molar-refractivity contribution in [2.75, 3.05) is 0 Å². The summed E-state index contributed by atoms with van der Waals surface area (Å²) in [5, 5.41) is 9.31. The van der Waals surface area contributed by atoms with Gasteiger partial charge in [-0.25, -0.2) is 9.78 Å². The number of nitrogens with two attached hydrogens (primary N) is 1. The smallest absolute Gasteiger partial charge is 0.326 e. The van der Waals surface area contributed by atoms with Crippen molar-refractivity contribution < 1.29 is 14.7 Å². The molecule has 0 fully saturated rings. The number of carbonyl (C=O) groups is 2. The molecule has 0 aromatic carbocycles. The molecule has 2 heterocycles. The van der Waals surface area contributed by atoms with Crippen LogP contribution in [-0.2, 0) is 22.6 Å². The number of fused-ring (bicyclic) bond motifs is 1. The van der Waals surface area contributed by atoms with Crippen molar-refractivity contribution in [1.82, 2.24) is 14.9 Å². The van der Waals surface area contributed by atoms with Crippen molar-refractivity contribution >= 4 is 11.9 Å². The first-order valence-corrected chi connectivity index (χ1v) is 6.70. The summed E-state index contributed by atoms with van der Waals surface area (Å²) in [6.45, 7) is 4.17. The molecule has 0 saturated heterocycles. The number of nitrogens with zero attached hydrogens (tertiary/aromatic N) is 2. The van der Waals surface area contributed by atoms with E-state index >= 15 is 0 Å². The number of H-pyrrole nitrogens is 1. The van der Waals surface area contributed by atoms with Crippen molar-refractivity contribution in [2.45, 2.75) is 45.3 Å². The number of hydrogen-bond donors (Lipinski definition) is 3. The molecule has 20 heavy (non-hydrogen) atoms. The summed E-state index contributed by atoms with van der Waals surface area (Å²) in [4.78, 5) is 32.1. The number of hydrogen-bond acceptors (Lipinski definition) is 4. The fourth-order valence-corrected chi connectivity index (χ4v) is 2.51. The number of carboxylic acid groups (broad SMARTS) is 1. The third-order valence-corrected chi connectivity index (χ3v) is 3.51. The van der Waals surface area contributed by atoms with Gasteiger partial charge in [0.25, 0.3) is 0 Å². The Morgan fingerprint density at radius 2 is 2.30 bits per heavy atom. The fourth-order valence-electron chi connectivity index (χ4n) is 2.51. The van der Waals surface area contributed by atoms with Crippen molar-refractivity contribution in [2.24, 2.45) is 11.7 Å². The van der Waals surface area contributed by atoms with Crippen LogP contribution < -0.4 is 5.73 Å². The minimum Gasteiger partial charge on any atom is -0.480 e. The Labute approximate surface area is 117 Å². The maximum atomic E-state index is 12.4. The third-order valence-electron chi connectivity index (χ3n) is 3.51. The lowest BCUT2D eigenvalue weighted by atomic mass is 9.98. The van der Waals surface area contributed by atoms with E-state index in [0.29, 0.717) is 12.1 Å². The van der Waals surface area contributed by atoms with Gasteiger partial charge in [-0.15, -0.1) is 0 Å². The van der Waals surface area contributed by atoms with Crippen molar-refractivity contribution in [1.29, 1.82) is 0 Å². The van der Waals surface area contributed by atoms with Crippen LogP contribution in [0.4, 0.5) is 0 Å². The number of rotatable bonds is 4. The van der Waals surface area contributed by atoms with E-state index in [1.54, 1.807) is 0 Å². The van der Waals surface area contributed by atoms with Gasteiger partial charge in [-0.1, -0.05) is 13.8 Å². The quantitative estimate of drug-likeness (QED) is 0.725. The van der Waals surface area contributed by atoms with Crippen LogP contribution in [0.3, 0.4) is 0 Å². The highest BCUT2D eigenvalue weighted by atomic mass is 16.4. The Balaban J connectivity index is 2.20. The second-order valence-electron chi connectivity index (χ2n) is 5.59. The van der Waals surface area contributed by atoms with Crippen molar-refractivity contribution in [3.63, 3.8) is 0 Å². The zero-order chi connectivity index (χ0) is 14.9.